The van der Waals surface area contributed by atoms with Crippen LogP contribution in [0.25, 0.3) is 11.0 Å². The van der Waals surface area contributed by atoms with Crippen LogP contribution in [0.15, 0.2) is 35.4 Å². The molecule has 3 heterocycles. The molecule has 1 aliphatic rings. The molecule has 1 aromatic carbocycles. The first-order chi connectivity index (χ1) is 15.6. The van der Waals surface area contributed by atoms with Crippen molar-refractivity contribution in [1.29, 1.82) is 0 Å². The molecular formula is C22H23F3N4O3S. The van der Waals surface area contributed by atoms with Crippen LogP contribution in [-0.4, -0.2) is 35.7 Å². The smallest absolute Gasteiger partial charge is 0.266 e. The van der Waals surface area contributed by atoms with Gasteiger partial charge in [-0.2, -0.15) is 0 Å². The van der Waals surface area contributed by atoms with Gasteiger partial charge in [-0.05, 0) is 13.0 Å². The summed E-state index contributed by atoms with van der Waals surface area (Å²) in [5.41, 5.74) is -2.07. The summed E-state index contributed by atoms with van der Waals surface area (Å²) in [6.07, 6.45) is -1.35. The van der Waals surface area contributed by atoms with Crippen molar-refractivity contribution < 1.29 is 22.8 Å². The number of aryl methyl sites for hydroxylation is 1. The number of alkyl halides is 2. The molecule has 11 heteroatoms. The first-order valence-electron chi connectivity index (χ1n) is 10.4. The molecule has 1 fully saturated rings. The molecule has 1 unspecified atom stereocenters. The van der Waals surface area contributed by atoms with Gasteiger partial charge in [0, 0.05) is 25.5 Å². The van der Waals surface area contributed by atoms with Gasteiger partial charge in [-0.1, -0.05) is 29.4 Å². The van der Waals surface area contributed by atoms with Gasteiger partial charge in [0.1, 0.15) is 40.7 Å². The topological polar surface area (TPSA) is 103 Å². The Morgan fingerprint density at radius 1 is 1.24 bits per heavy atom. The third-order valence-corrected chi connectivity index (χ3v) is 7.42. The Balaban J connectivity index is 1.77. The molecule has 0 spiro atoms. The van der Waals surface area contributed by atoms with Crippen LogP contribution in [-0.2, 0) is 23.8 Å². The van der Waals surface area contributed by atoms with Gasteiger partial charge >= 0.3 is 0 Å². The van der Waals surface area contributed by atoms with Crippen LogP contribution < -0.4 is 10.9 Å². The summed E-state index contributed by atoms with van der Waals surface area (Å²) in [6, 6.07) is 4.58. The lowest BCUT2D eigenvalue weighted by molar-refractivity contribution is 0.0248. The predicted molar refractivity (Wildman–Crippen MR) is 119 cm³/mol. The second-order valence-corrected chi connectivity index (χ2v) is 9.87. The van der Waals surface area contributed by atoms with Crippen molar-refractivity contribution in [2.45, 2.75) is 37.8 Å². The van der Waals surface area contributed by atoms with Gasteiger partial charge < -0.3 is 15.0 Å². The number of rotatable bonds is 5. The Morgan fingerprint density at radius 3 is 2.58 bits per heavy atom. The molecule has 2 aromatic heterocycles. The van der Waals surface area contributed by atoms with Crippen LogP contribution in [0.1, 0.15) is 48.9 Å². The molecule has 0 bridgehead atoms. The maximum absolute atomic E-state index is 14.6. The van der Waals surface area contributed by atoms with Gasteiger partial charge in [-0.3, -0.25) is 9.36 Å². The average molecular weight is 481 g/mol. The number of nitrogens with zero attached hydrogens (tertiary/aromatic N) is 3. The molecule has 7 nitrogen and oxygen atoms in total. The van der Waals surface area contributed by atoms with Crippen LogP contribution in [0.5, 0.6) is 0 Å². The standard InChI is InChI=1S/C22H23F3N4O3S/c1-12(13-4-3-5-14(17(13)23)18(24)25)28-19-15-10-16(22(31)6-8-33(32)9-7-22)21(30)29(2)20(15)27-11-26-19/h3-5,10-12,18,31H,6-9H2,1-2H3,(H,26,27,28). The van der Waals surface area contributed by atoms with Crippen molar-refractivity contribution in [2.75, 3.05) is 16.8 Å². The number of benzene rings is 1. The Morgan fingerprint density at radius 2 is 1.91 bits per heavy atom. The van der Waals surface area contributed by atoms with Gasteiger partial charge in [-0.15, -0.1) is 0 Å². The highest BCUT2D eigenvalue weighted by Gasteiger charge is 2.39. The normalized spacial score (nSPS) is 22.0. The quantitative estimate of drug-likeness (QED) is 0.543. The second kappa shape index (κ2) is 8.96. The molecule has 1 saturated heterocycles. The lowest BCUT2D eigenvalue weighted by Crippen LogP contribution is -2.42. The molecule has 2 N–H and O–H groups in total. The molecular weight excluding hydrogens is 457 g/mol. The number of hydrogen-bond donors (Lipinski definition) is 2. The molecule has 0 aliphatic carbocycles. The Hall–Kier alpha value is -2.63. The fraction of sp³-hybridized carbons (Fsp3) is 0.409. The van der Waals surface area contributed by atoms with Crippen molar-refractivity contribution >= 4 is 28.0 Å². The van der Waals surface area contributed by atoms with E-state index in [0.717, 1.165) is 6.07 Å². The highest BCUT2D eigenvalue weighted by Crippen LogP contribution is 2.35. The van der Waals surface area contributed by atoms with Gasteiger partial charge in [0.25, 0.3) is 12.0 Å². The van der Waals surface area contributed by atoms with E-state index in [1.165, 1.54) is 36.1 Å². The predicted octanol–water partition coefficient (Wildman–Crippen LogP) is 3.31. The maximum atomic E-state index is 14.6. The summed E-state index contributed by atoms with van der Waals surface area (Å²) < 4.78 is 53.9. The summed E-state index contributed by atoms with van der Waals surface area (Å²) in [4.78, 5) is 21.4. The number of hydrogen-bond acceptors (Lipinski definition) is 6. The van der Waals surface area contributed by atoms with E-state index >= 15 is 0 Å². The molecule has 0 radical (unpaired) electrons. The van der Waals surface area contributed by atoms with E-state index in [1.54, 1.807) is 6.92 Å². The molecule has 33 heavy (non-hydrogen) atoms. The minimum absolute atomic E-state index is 0.0398. The van der Waals surface area contributed by atoms with Gasteiger partial charge in [0.05, 0.1) is 22.6 Å². The second-order valence-electron chi connectivity index (χ2n) is 8.18. The monoisotopic (exact) mass is 480 g/mol. The maximum Gasteiger partial charge on any atom is 0.266 e. The number of halogens is 3. The van der Waals surface area contributed by atoms with Crippen molar-refractivity contribution in [2.24, 2.45) is 7.05 Å². The largest absolute Gasteiger partial charge is 0.616 e. The molecule has 4 rings (SSSR count). The summed E-state index contributed by atoms with van der Waals surface area (Å²) >= 11 is -1.04. The molecule has 1 atom stereocenters. The molecule has 176 valence electrons. The third kappa shape index (κ3) is 4.32. The molecule has 0 saturated carbocycles. The van der Waals surface area contributed by atoms with Gasteiger partial charge in [0.2, 0.25) is 0 Å². The SMILES string of the molecule is CC(Nc1ncnc2c1cc(C1(O)CC[S+]([O-])CC1)c(=O)n2C)c1cccc(C(F)F)c1F. The Bertz CT molecular complexity index is 1250. The van der Waals surface area contributed by atoms with E-state index in [-0.39, 0.29) is 41.3 Å². The lowest BCUT2D eigenvalue weighted by atomic mass is 9.88. The summed E-state index contributed by atoms with van der Waals surface area (Å²) in [5.74, 6) is -0.173. The van der Waals surface area contributed by atoms with Crippen LogP contribution in [0.3, 0.4) is 0 Å². The van der Waals surface area contributed by atoms with Crippen LogP contribution in [0, 0.1) is 5.82 Å². The lowest BCUT2D eigenvalue weighted by Gasteiger charge is -2.33. The highest BCUT2D eigenvalue weighted by atomic mass is 32.2. The van der Waals surface area contributed by atoms with Crippen molar-refractivity contribution in [3.63, 3.8) is 0 Å². The molecule has 3 aromatic rings. The fourth-order valence-electron chi connectivity index (χ4n) is 4.13. The van der Waals surface area contributed by atoms with Crippen molar-refractivity contribution in [3.8, 4) is 0 Å². The number of aromatic nitrogens is 3. The van der Waals surface area contributed by atoms with E-state index in [1.807, 2.05) is 0 Å². The first kappa shape index (κ1) is 23.5. The summed E-state index contributed by atoms with van der Waals surface area (Å²) in [6.45, 7) is 1.61. The van der Waals surface area contributed by atoms with Gasteiger partial charge in [-0.25, -0.2) is 23.1 Å². The van der Waals surface area contributed by atoms with E-state index in [9.17, 15) is 27.6 Å². The van der Waals surface area contributed by atoms with Gasteiger partial charge in [0.15, 0.2) is 0 Å². The van der Waals surface area contributed by atoms with Crippen LogP contribution in [0.2, 0.25) is 0 Å². The van der Waals surface area contributed by atoms with Crippen LogP contribution >= 0.6 is 0 Å². The van der Waals surface area contributed by atoms with Crippen molar-refractivity contribution in [1.82, 2.24) is 14.5 Å². The number of nitrogens with one attached hydrogen (secondary N) is 1. The highest BCUT2D eigenvalue weighted by molar-refractivity contribution is 7.91. The third-order valence-electron chi connectivity index (χ3n) is 6.11. The van der Waals surface area contributed by atoms with E-state index in [4.69, 9.17) is 0 Å². The summed E-state index contributed by atoms with van der Waals surface area (Å²) in [5, 5.41) is 14.6. The first-order valence-corrected chi connectivity index (χ1v) is 11.9. The van der Waals surface area contributed by atoms with E-state index in [0.29, 0.717) is 11.0 Å². The van der Waals surface area contributed by atoms with Crippen molar-refractivity contribution in [3.05, 3.63) is 63.5 Å². The average Bonchev–Trinajstić information content (AvgIpc) is 2.78. The number of pyridine rings is 1. The van der Waals surface area contributed by atoms with E-state index < -0.39 is 46.2 Å². The molecule has 0 amide bonds. The number of aliphatic hydroxyl groups is 1. The fourth-order valence-corrected chi connectivity index (χ4v) is 5.47. The van der Waals surface area contributed by atoms with E-state index in [2.05, 4.69) is 15.3 Å². The Kier molecular flexibility index (Phi) is 6.39. The molecule has 1 aliphatic heterocycles. The van der Waals surface area contributed by atoms with Crippen LogP contribution in [0.4, 0.5) is 19.0 Å². The zero-order valence-corrected chi connectivity index (χ0v) is 18.8. The summed E-state index contributed by atoms with van der Waals surface area (Å²) in [7, 11) is 1.52. The number of anilines is 1. The zero-order chi connectivity index (χ0) is 23.9. The minimum atomic E-state index is -2.94. The Labute approximate surface area is 190 Å². The minimum Gasteiger partial charge on any atom is -0.616 e. The zero-order valence-electron chi connectivity index (χ0n) is 18.0. The number of fused-ring (bicyclic) bond motifs is 1.